The number of halogens is 1. The normalized spacial score (nSPS) is 12.8. The molecule has 0 aliphatic rings. The van der Waals surface area contributed by atoms with Gasteiger partial charge in [0.2, 0.25) is 0 Å². The number of carbonyl (C=O) groups excluding carboxylic acids is 1. The summed E-state index contributed by atoms with van der Waals surface area (Å²) < 4.78 is 1.94. The third kappa shape index (κ3) is 4.67. The fourth-order valence-electron chi connectivity index (χ4n) is 3.85. The van der Waals surface area contributed by atoms with Gasteiger partial charge in [0.25, 0.3) is 0 Å². The highest BCUT2D eigenvalue weighted by molar-refractivity contribution is 6.30. The van der Waals surface area contributed by atoms with Crippen LogP contribution in [-0.2, 0) is 10.3 Å². The van der Waals surface area contributed by atoms with Crippen LogP contribution in [0.4, 0.5) is 5.69 Å². The standard InChI is InChI=1S/C20H25ClN4O.C2H6.CH2O/c1-5-20(19(2,3)26,14-9-11-15(21)12-10-14)25-18-8-6-7-17(24-22-4)16(18)13-23-25;2*1-2/h6-13,22,24,26H,5H2,1-4H3;1-2H3;1H2. The molecular weight excluding hydrogens is 400 g/mol. The highest BCUT2D eigenvalue weighted by Crippen LogP contribution is 2.42. The fourth-order valence-corrected chi connectivity index (χ4v) is 3.97. The summed E-state index contributed by atoms with van der Waals surface area (Å²) in [6.07, 6.45) is 2.50. The number of rotatable bonds is 6. The third-order valence-corrected chi connectivity index (χ3v) is 5.33. The molecule has 0 amide bonds. The smallest absolute Gasteiger partial charge is 0.116 e. The van der Waals surface area contributed by atoms with E-state index < -0.39 is 11.1 Å². The summed E-state index contributed by atoms with van der Waals surface area (Å²) in [4.78, 5) is 8.00. The lowest BCUT2D eigenvalue weighted by Gasteiger charge is -2.44. The maximum absolute atomic E-state index is 11.2. The summed E-state index contributed by atoms with van der Waals surface area (Å²) >= 11 is 6.09. The van der Waals surface area contributed by atoms with Gasteiger partial charge in [-0.1, -0.05) is 50.6 Å². The van der Waals surface area contributed by atoms with E-state index >= 15 is 0 Å². The van der Waals surface area contributed by atoms with Crippen molar-refractivity contribution in [1.82, 2.24) is 15.2 Å². The minimum absolute atomic E-state index is 0.665. The molecule has 1 heterocycles. The first-order chi connectivity index (χ1) is 14.3. The average molecular weight is 433 g/mol. The van der Waals surface area contributed by atoms with E-state index in [1.165, 1.54) is 0 Å². The van der Waals surface area contributed by atoms with Gasteiger partial charge < -0.3 is 15.3 Å². The van der Waals surface area contributed by atoms with Crippen LogP contribution in [0.25, 0.3) is 10.9 Å². The highest BCUT2D eigenvalue weighted by atomic mass is 35.5. The molecule has 30 heavy (non-hydrogen) atoms. The molecule has 0 saturated heterocycles. The van der Waals surface area contributed by atoms with E-state index in [1.54, 1.807) is 0 Å². The summed E-state index contributed by atoms with van der Waals surface area (Å²) in [5.41, 5.74) is 7.15. The lowest BCUT2D eigenvalue weighted by atomic mass is 9.74. The second-order valence-corrected chi connectivity index (χ2v) is 7.39. The summed E-state index contributed by atoms with van der Waals surface area (Å²) in [7, 11) is 1.82. The van der Waals surface area contributed by atoms with Crippen LogP contribution in [0, 0.1) is 0 Å². The Bertz CT molecular complexity index is 919. The van der Waals surface area contributed by atoms with E-state index in [0.717, 1.165) is 22.2 Å². The molecule has 3 aromatic rings. The number of nitrogens with one attached hydrogen (secondary N) is 2. The Morgan fingerprint density at radius 3 is 2.23 bits per heavy atom. The van der Waals surface area contributed by atoms with Gasteiger partial charge in [-0.3, -0.25) is 4.68 Å². The maximum Gasteiger partial charge on any atom is 0.116 e. The molecule has 3 rings (SSSR count). The fraction of sp³-hybridized carbons (Fsp3) is 0.391. The Hall–Kier alpha value is -2.41. The molecule has 0 bridgehead atoms. The number of fused-ring (bicyclic) bond motifs is 1. The van der Waals surface area contributed by atoms with E-state index in [9.17, 15) is 5.11 Å². The lowest BCUT2D eigenvalue weighted by Crippen LogP contribution is -2.53. The Balaban J connectivity index is 0.00000106. The first-order valence-corrected chi connectivity index (χ1v) is 10.4. The van der Waals surface area contributed by atoms with Crippen molar-refractivity contribution in [3.63, 3.8) is 0 Å². The van der Waals surface area contributed by atoms with Gasteiger partial charge in [-0.2, -0.15) is 5.10 Å². The quantitative estimate of drug-likeness (QED) is 0.477. The molecule has 0 saturated carbocycles. The number of hydrogen-bond acceptors (Lipinski definition) is 5. The van der Waals surface area contributed by atoms with E-state index in [2.05, 4.69) is 17.8 Å². The van der Waals surface area contributed by atoms with E-state index in [-0.39, 0.29) is 0 Å². The summed E-state index contributed by atoms with van der Waals surface area (Å²) in [5.74, 6) is 0. The monoisotopic (exact) mass is 432 g/mol. The zero-order valence-electron chi connectivity index (χ0n) is 18.7. The van der Waals surface area contributed by atoms with Gasteiger partial charge in [0.15, 0.2) is 0 Å². The van der Waals surface area contributed by atoms with E-state index in [1.807, 2.05) is 94.9 Å². The molecule has 1 atom stereocenters. The van der Waals surface area contributed by atoms with Crippen molar-refractivity contribution >= 4 is 35.0 Å². The second-order valence-electron chi connectivity index (χ2n) is 6.95. The second kappa shape index (κ2) is 11.1. The van der Waals surface area contributed by atoms with Gasteiger partial charge >= 0.3 is 0 Å². The Kier molecular flexibility index (Phi) is 9.49. The largest absolute Gasteiger partial charge is 0.388 e. The molecule has 0 fully saturated rings. The molecule has 6 nitrogen and oxygen atoms in total. The van der Waals surface area contributed by atoms with E-state index in [4.69, 9.17) is 21.5 Å². The number of aromatic nitrogens is 2. The number of anilines is 1. The highest BCUT2D eigenvalue weighted by Gasteiger charge is 2.47. The van der Waals surface area contributed by atoms with Crippen LogP contribution in [0.2, 0.25) is 5.02 Å². The number of nitrogens with zero attached hydrogens (tertiary/aromatic N) is 2. The van der Waals surface area contributed by atoms with Gasteiger partial charge in [-0.25, -0.2) is 5.43 Å². The van der Waals surface area contributed by atoms with Crippen molar-refractivity contribution in [3.05, 3.63) is 59.2 Å². The van der Waals surface area contributed by atoms with Gasteiger partial charge in [-0.05, 0) is 50.1 Å². The van der Waals surface area contributed by atoms with Crippen LogP contribution in [0.5, 0.6) is 0 Å². The number of aliphatic hydroxyl groups is 1. The molecule has 3 N–H and O–H groups in total. The van der Waals surface area contributed by atoms with Crippen molar-refractivity contribution in [3.8, 4) is 0 Å². The van der Waals surface area contributed by atoms with Gasteiger partial charge in [0.1, 0.15) is 12.3 Å². The molecule has 1 unspecified atom stereocenters. The van der Waals surface area contributed by atoms with Crippen LogP contribution >= 0.6 is 11.6 Å². The third-order valence-electron chi connectivity index (χ3n) is 5.08. The zero-order valence-corrected chi connectivity index (χ0v) is 19.4. The molecule has 2 aromatic carbocycles. The Labute approximate surface area is 184 Å². The summed E-state index contributed by atoms with van der Waals surface area (Å²) in [6.45, 7) is 11.7. The van der Waals surface area contributed by atoms with Gasteiger partial charge in [-0.15, -0.1) is 0 Å². The first kappa shape index (κ1) is 25.6. The number of carbonyl (C=O) groups is 1. The number of hydrogen-bond donors (Lipinski definition) is 3. The predicted octanol–water partition coefficient (Wildman–Crippen LogP) is 5.00. The Morgan fingerprint density at radius 1 is 1.13 bits per heavy atom. The topological polar surface area (TPSA) is 79.2 Å². The van der Waals surface area contributed by atoms with Crippen molar-refractivity contribution in [1.29, 1.82) is 0 Å². The number of hydrazine groups is 1. The molecular formula is C23H33ClN4O2. The van der Waals surface area contributed by atoms with Crippen molar-refractivity contribution < 1.29 is 9.90 Å². The molecule has 0 aliphatic heterocycles. The average Bonchev–Trinajstić information content (AvgIpc) is 3.18. The van der Waals surface area contributed by atoms with Crippen LogP contribution in [0.1, 0.15) is 46.6 Å². The number of benzene rings is 2. The molecule has 1 aromatic heterocycles. The molecule has 0 aliphatic carbocycles. The van der Waals surface area contributed by atoms with Crippen molar-refractivity contribution in [2.45, 2.75) is 52.2 Å². The minimum Gasteiger partial charge on any atom is -0.388 e. The van der Waals surface area contributed by atoms with Crippen LogP contribution in [0.15, 0.2) is 48.7 Å². The van der Waals surface area contributed by atoms with Gasteiger partial charge in [0.05, 0.1) is 23.0 Å². The first-order valence-electron chi connectivity index (χ1n) is 10.0. The van der Waals surface area contributed by atoms with Crippen LogP contribution in [-0.4, -0.2) is 34.3 Å². The molecule has 0 radical (unpaired) electrons. The van der Waals surface area contributed by atoms with Gasteiger partial charge in [0, 0.05) is 17.5 Å². The van der Waals surface area contributed by atoms with Crippen molar-refractivity contribution in [2.75, 3.05) is 12.5 Å². The minimum atomic E-state index is -1.05. The maximum atomic E-state index is 11.2. The lowest BCUT2D eigenvalue weighted by molar-refractivity contribution is -0.0980. The van der Waals surface area contributed by atoms with Crippen LogP contribution in [0.3, 0.4) is 0 Å². The Morgan fingerprint density at radius 2 is 1.73 bits per heavy atom. The molecule has 0 spiro atoms. The molecule has 7 heteroatoms. The van der Waals surface area contributed by atoms with Crippen molar-refractivity contribution in [2.24, 2.45) is 0 Å². The van der Waals surface area contributed by atoms with Crippen LogP contribution < -0.4 is 10.9 Å². The SMILES string of the molecule is C=O.CC.CCC(c1ccc(Cl)cc1)(n1ncc2c(NNC)cccc21)C(C)(C)O. The predicted molar refractivity (Wildman–Crippen MR) is 126 cm³/mol. The zero-order chi connectivity index (χ0) is 22.9. The van der Waals surface area contributed by atoms with E-state index in [0.29, 0.717) is 11.4 Å². The summed E-state index contributed by atoms with van der Waals surface area (Å²) in [5, 5.41) is 17.6. The molecule has 164 valence electrons. The summed E-state index contributed by atoms with van der Waals surface area (Å²) in [6, 6.07) is 13.6.